The monoisotopic (exact) mass is 221 g/mol. The van der Waals surface area contributed by atoms with Crippen LogP contribution in [-0.4, -0.2) is 22.4 Å². The molecule has 0 bridgehead atoms. The Morgan fingerprint density at radius 3 is 3.06 bits per heavy atom. The summed E-state index contributed by atoms with van der Waals surface area (Å²) in [5, 5.41) is 8.02. The molecule has 0 aliphatic carbocycles. The van der Waals surface area contributed by atoms with Crippen molar-refractivity contribution in [3.8, 4) is 0 Å². The van der Waals surface area contributed by atoms with Crippen molar-refractivity contribution < 1.29 is 0 Å². The highest BCUT2D eigenvalue weighted by molar-refractivity contribution is 5.10. The zero-order valence-electron chi connectivity index (χ0n) is 10.7. The summed E-state index contributed by atoms with van der Waals surface area (Å²) in [5.41, 5.74) is 2.57. The standard InChI is InChI=1S/C13H23N3/c1-4-16-13(8-11(3)15-16)9-12-5-6-14-10(2)7-12/h8,10,12,14H,4-7,9H2,1-3H3. The predicted octanol–water partition coefficient (Wildman–Crippen LogP) is 2.14. The maximum absolute atomic E-state index is 4.51. The van der Waals surface area contributed by atoms with Gasteiger partial charge in [0.2, 0.25) is 0 Å². The Bertz CT molecular complexity index is 343. The van der Waals surface area contributed by atoms with E-state index in [2.05, 4.69) is 41.9 Å². The fraction of sp³-hybridized carbons (Fsp3) is 0.769. The van der Waals surface area contributed by atoms with E-state index in [1.807, 2.05) is 0 Å². The van der Waals surface area contributed by atoms with Crippen molar-refractivity contribution in [1.29, 1.82) is 0 Å². The fourth-order valence-electron chi connectivity index (χ4n) is 2.75. The van der Waals surface area contributed by atoms with Crippen LogP contribution in [-0.2, 0) is 13.0 Å². The van der Waals surface area contributed by atoms with E-state index in [4.69, 9.17) is 0 Å². The minimum atomic E-state index is 0.679. The number of nitrogens with zero attached hydrogens (tertiary/aromatic N) is 2. The molecule has 2 heterocycles. The van der Waals surface area contributed by atoms with Crippen LogP contribution in [0.15, 0.2) is 6.07 Å². The van der Waals surface area contributed by atoms with E-state index in [0.29, 0.717) is 6.04 Å². The molecule has 90 valence electrons. The van der Waals surface area contributed by atoms with E-state index in [0.717, 1.165) is 18.2 Å². The zero-order chi connectivity index (χ0) is 11.5. The topological polar surface area (TPSA) is 29.9 Å². The number of hydrogen-bond donors (Lipinski definition) is 1. The summed E-state index contributed by atoms with van der Waals surface area (Å²) >= 11 is 0. The van der Waals surface area contributed by atoms with E-state index < -0.39 is 0 Å². The third-order valence-electron chi connectivity index (χ3n) is 3.52. The van der Waals surface area contributed by atoms with Gasteiger partial charge in [0.05, 0.1) is 5.69 Å². The second kappa shape index (κ2) is 5.00. The van der Waals surface area contributed by atoms with Crippen LogP contribution in [0, 0.1) is 12.8 Å². The van der Waals surface area contributed by atoms with Crippen LogP contribution in [0.1, 0.15) is 38.1 Å². The number of aromatic nitrogens is 2. The van der Waals surface area contributed by atoms with Gasteiger partial charge < -0.3 is 5.32 Å². The molecule has 0 spiro atoms. The van der Waals surface area contributed by atoms with Gasteiger partial charge in [-0.25, -0.2) is 0 Å². The highest BCUT2D eigenvalue weighted by atomic mass is 15.3. The molecule has 3 nitrogen and oxygen atoms in total. The molecule has 1 saturated heterocycles. The molecule has 1 aliphatic heterocycles. The summed E-state index contributed by atoms with van der Waals surface area (Å²) in [6, 6.07) is 2.92. The second-order valence-electron chi connectivity index (χ2n) is 5.04. The third-order valence-corrected chi connectivity index (χ3v) is 3.52. The Hall–Kier alpha value is -0.830. The van der Waals surface area contributed by atoms with Crippen LogP contribution < -0.4 is 5.32 Å². The van der Waals surface area contributed by atoms with Crippen LogP contribution in [0.4, 0.5) is 0 Å². The molecule has 2 atom stereocenters. The van der Waals surface area contributed by atoms with Crippen molar-refractivity contribution in [2.24, 2.45) is 5.92 Å². The smallest absolute Gasteiger partial charge is 0.0596 e. The maximum Gasteiger partial charge on any atom is 0.0596 e. The molecule has 1 fully saturated rings. The lowest BCUT2D eigenvalue weighted by Crippen LogP contribution is -2.36. The molecular formula is C13H23N3. The normalized spacial score (nSPS) is 25.9. The van der Waals surface area contributed by atoms with Crippen LogP contribution in [0.3, 0.4) is 0 Å². The minimum absolute atomic E-state index is 0.679. The van der Waals surface area contributed by atoms with Crippen molar-refractivity contribution in [2.75, 3.05) is 6.54 Å². The number of nitrogens with one attached hydrogen (secondary N) is 1. The van der Waals surface area contributed by atoms with Crippen molar-refractivity contribution in [2.45, 2.75) is 52.6 Å². The molecule has 0 amide bonds. The molecule has 0 radical (unpaired) electrons. The van der Waals surface area contributed by atoms with Crippen molar-refractivity contribution in [3.05, 3.63) is 17.5 Å². The highest BCUT2D eigenvalue weighted by Crippen LogP contribution is 2.21. The maximum atomic E-state index is 4.51. The highest BCUT2D eigenvalue weighted by Gasteiger charge is 2.20. The molecule has 1 N–H and O–H groups in total. The molecule has 1 aromatic heterocycles. The molecule has 0 aromatic carbocycles. The van der Waals surface area contributed by atoms with Gasteiger partial charge in [-0.2, -0.15) is 5.10 Å². The Balaban J connectivity index is 2.02. The van der Waals surface area contributed by atoms with Gasteiger partial charge in [0.1, 0.15) is 0 Å². The first-order valence-electron chi connectivity index (χ1n) is 6.45. The number of rotatable bonds is 3. The van der Waals surface area contributed by atoms with Gasteiger partial charge in [0.15, 0.2) is 0 Å². The lowest BCUT2D eigenvalue weighted by Gasteiger charge is -2.28. The summed E-state index contributed by atoms with van der Waals surface area (Å²) in [6.07, 6.45) is 3.80. The van der Waals surface area contributed by atoms with Gasteiger partial charge in [-0.3, -0.25) is 4.68 Å². The molecule has 2 unspecified atom stereocenters. The van der Waals surface area contributed by atoms with Gasteiger partial charge >= 0.3 is 0 Å². The van der Waals surface area contributed by atoms with Crippen LogP contribution in [0.5, 0.6) is 0 Å². The quantitative estimate of drug-likeness (QED) is 0.847. The molecular weight excluding hydrogens is 198 g/mol. The van der Waals surface area contributed by atoms with Crippen LogP contribution in [0.2, 0.25) is 0 Å². The number of piperidine rings is 1. The summed E-state index contributed by atoms with van der Waals surface area (Å²) in [5.74, 6) is 0.831. The molecule has 0 saturated carbocycles. The molecule has 3 heteroatoms. The zero-order valence-corrected chi connectivity index (χ0v) is 10.7. The molecule has 1 aliphatic rings. The van der Waals surface area contributed by atoms with E-state index in [1.165, 1.54) is 31.5 Å². The summed E-state index contributed by atoms with van der Waals surface area (Å²) < 4.78 is 2.15. The van der Waals surface area contributed by atoms with Gasteiger partial charge in [-0.05, 0) is 58.6 Å². The van der Waals surface area contributed by atoms with Gasteiger partial charge in [-0.1, -0.05) is 0 Å². The Morgan fingerprint density at radius 2 is 2.38 bits per heavy atom. The lowest BCUT2D eigenvalue weighted by atomic mass is 9.89. The Labute approximate surface area is 98.2 Å². The first kappa shape index (κ1) is 11.6. The SMILES string of the molecule is CCn1nc(C)cc1CC1CCNC(C)C1. The van der Waals surface area contributed by atoms with Gasteiger partial charge in [-0.15, -0.1) is 0 Å². The minimum Gasteiger partial charge on any atom is -0.314 e. The van der Waals surface area contributed by atoms with Crippen LogP contribution >= 0.6 is 0 Å². The van der Waals surface area contributed by atoms with E-state index >= 15 is 0 Å². The Kier molecular flexibility index (Phi) is 3.64. The molecule has 16 heavy (non-hydrogen) atoms. The molecule has 2 rings (SSSR count). The first-order valence-corrected chi connectivity index (χ1v) is 6.45. The van der Waals surface area contributed by atoms with E-state index in [9.17, 15) is 0 Å². The molecule has 1 aromatic rings. The summed E-state index contributed by atoms with van der Waals surface area (Å²) in [7, 11) is 0. The van der Waals surface area contributed by atoms with Gasteiger partial charge in [0.25, 0.3) is 0 Å². The predicted molar refractivity (Wildman–Crippen MR) is 66.5 cm³/mol. The first-order chi connectivity index (χ1) is 7.69. The van der Waals surface area contributed by atoms with Gasteiger partial charge in [0, 0.05) is 18.3 Å². The largest absolute Gasteiger partial charge is 0.314 e. The average Bonchev–Trinajstić information content (AvgIpc) is 2.59. The fourth-order valence-corrected chi connectivity index (χ4v) is 2.75. The van der Waals surface area contributed by atoms with Crippen molar-refractivity contribution in [1.82, 2.24) is 15.1 Å². The third kappa shape index (κ3) is 2.64. The van der Waals surface area contributed by atoms with Crippen LogP contribution in [0.25, 0.3) is 0 Å². The number of aryl methyl sites for hydroxylation is 2. The lowest BCUT2D eigenvalue weighted by molar-refractivity contribution is 0.309. The van der Waals surface area contributed by atoms with Crippen molar-refractivity contribution >= 4 is 0 Å². The summed E-state index contributed by atoms with van der Waals surface area (Å²) in [4.78, 5) is 0. The van der Waals surface area contributed by atoms with Crippen molar-refractivity contribution in [3.63, 3.8) is 0 Å². The second-order valence-corrected chi connectivity index (χ2v) is 5.04. The average molecular weight is 221 g/mol. The summed E-state index contributed by atoms with van der Waals surface area (Å²) in [6.45, 7) is 8.70. The number of hydrogen-bond acceptors (Lipinski definition) is 2. The van der Waals surface area contributed by atoms with E-state index in [-0.39, 0.29) is 0 Å². The van der Waals surface area contributed by atoms with E-state index in [1.54, 1.807) is 0 Å². The Morgan fingerprint density at radius 1 is 1.56 bits per heavy atom.